The number of ether oxygens (including phenoxy) is 2. The molecule has 4 rings (SSSR count). The Morgan fingerprint density at radius 2 is 1.66 bits per heavy atom. The molecule has 162 valence electrons. The predicted molar refractivity (Wildman–Crippen MR) is 121 cm³/mol. The van der Waals surface area contributed by atoms with Gasteiger partial charge in [-0.05, 0) is 48.9 Å². The predicted octanol–water partition coefficient (Wildman–Crippen LogP) is 4.54. The molecule has 7 heteroatoms. The molecule has 0 radical (unpaired) electrons. The number of anilines is 2. The maximum absolute atomic E-state index is 12.8. The summed E-state index contributed by atoms with van der Waals surface area (Å²) in [6.45, 7) is 2.58. The Balaban J connectivity index is 1.57. The van der Waals surface area contributed by atoms with Crippen molar-refractivity contribution in [1.82, 2.24) is 0 Å². The fourth-order valence-corrected chi connectivity index (χ4v) is 3.50. The van der Waals surface area contributed by atoms with E-state index < -0.39 is 11.8 Å². The largest absolute Gasteiger partial charge is 0.494 e. The third kappa shape index (κ3) is 3.92. The van der Waals surface area contributed by atoms with Gasteiger partial charge < -0.3 is 14.8 Å². The average Bonchev–Trinajstić information content (AvgIpc) is 3.08. The molecule has 1 aliphatic rings. The summed E-state index contributed by atoms with van der Waals surface area (Å²) < 4.78 is 11.0. The van der Waals surface area contributed by atoms with Gasteiger partial charge in [0, 0.05) is 17.3 Å². The second-order valence-electron chi connectivity index (χ2n) is 7.21. The summed E-state index contributed by atoms with van der Waals surface area (Å²) in [6, 6.07) is 18.4. The van der Waals surface area contributed by atoms with E-state index in [2.05, 4.69) is 5.32 Å². The normalized spacial score (nSPS) is 12.5. The number of imide groups is 1. The zero-order valence-electron chi connectivity index (χ0n) is 17.8. The van der Waals surface area contributed by atoms with Crippen LogP contribution in [0.4, 0.5) is 11.4 Å². The van der Waals surface area contributed by atoms with Crippen LogP contribution < -0.4 is 19.7 Å². The number of hydrogen-bond acceptors (Lipinski definition) is 5. The minimum absolute atomic E-state index is 0.289. The second kappa shape index (κ2) is 8.93. The number of carbonyl (C=O) groups excluding carboxylic acids is 3. The number of benzene rings is 3. The molecule has 0 fully saturated rings. The molecule has 0 atom stereocenters. The van der Waals surface area contributed by atoms with Crippen LogP contribution in [0.25, 0.3) is 0 Å². The van der Waals surface area contributed by atoms with Gasteiger partial charge in [-0.3, -0.25) is 14.4 Å². The van der Waals surface area contributed by atoms with Gasteiger partial charge >= 0.3 is 0 Å². The first-order chi connectivity index (χ1) is 15.5. The quantitative estimate of drug-likeness (QED) is 0.557. The number of fused-ring (bicyclic) bond motifs is 1. The van der Waals surface area contributed by atoms with Crippen molar-refractivity contribution in [3.8, 4) is 11.5 Å². The van der Waals surface area contributed by atoms with Crippen LogP contribution in [0.1, 0.15) is 44.4 Å². The summed E-state index contributed by atoms with van der Waals surface area (Å²) in [7, 11) is 1.44. The fraction of sp³-hybridized carbons (Fsp3) is 0.160. The molecule has 3 amide bonds. The molecule has 1 aliphatic heterocycles. The zero-order valence-corrected chi connectivity index (χ0v) is 17.8. The Labute approximate surface area is 185 Å². The fourth-order valence-electron chi connectivity index (χ4n) is 3.50. The molecule has 0 saturated heterocycles. The summed E-state index contributed by atoms with van der Waals surface area (Å²) in [4.78, 5) is 39.4. The van der Waals surface area contributed by atoms with E-state index in [1.54, 1.807) is 66.7 Å². The van der Waals surface area contributed by atoms with E-state index in [1.807, 2.05) is 6.92 Å². The van der Waals surface area contributed by atoms with E-state index in [1.165, 1.54) is 7.11 Å². The molecule has 1 N–H and O–H groups in total. The van der Waals surface area contributed by atoms with Crippen LogP contribution in [-0.2, 0) is 0 Å². The lowest BCUT2D eigenvalue weighted by molar-refractivity contribution is 0.0923. The zero-order chi connectivity index (χ0) is 22.7. The van der Waals surface area contributed by atoms with E-state index >= 15 is 0 Å². The third-order valence-corrected chi connectivity index (χ3v) is 5.04. The van der Waals surface area contributed by atoms with Crippen molar-refractivity contribution in [2.24, 2.45) is 0 Å². The number of rotatable bonds is 7. The molecule has 3 aromatic rings. The molecule has 0 unspecified atom stereocenters. The van der Waals surface area contributed by atoms with Crippen LogP contribution in [-0.4, -0.2) is 31.4 Å². The first-order valence-electron chi connectivity index (χ1n) is 10.2. The Kier molecular flexibility index (Phi) is 5.89. The maximum atomic E-state index is 12.8. The second-order valence-corrected chi connectivity index (χ2v) is 7.21. The maximum Gasteiger partial charge on any atom is 0.266 e. The van der Waals surface area contributed by atoms with Crippen molar-refractivity contribution in [2.75, 3.05) is 23.9 Å². The summed E-state index contributed by atoms with van der Waals surface area (Å²) >= 11 is 0. The van der Waals surface area contributed by atoms with E-state index in [0.29, 0.717) is 40.4 Å². The Hall–Kier alpha value is -4.13. The number of amides is 3. The van der Waals surface area contributed by atoms with E-state index in [-0.39, 0.29) is 11.7 Å². The summed E-state index contributed by atoms with van der Waals surface area (Å²) in [5.74, 6) is -0.230. The van der Waals surface area contributed by atoms with Gasteiger partial charge in [0.15, 0.2) is 0 Å². The van der Waals surface area contributed by atoms with Gasteiger partial charge in [-0.15, -0.1) is 0 Å². The van der Waals surface area contributed by atoms with E-state index in [4.69, 9.17) is 9.47 Å². The Morgan fingerprint density at radius 1 is 0.938 bits per heavy atom. The Bertz CT molecular complexity index is 1170. The molecule has 3 aromatic carbocycles. The van der Waals surface area contributed by atoms with Gasteiger partial charge in [0.2, 0.25) is 0 Å². The van der Waals surface area contributed by atoms with Crippen molar-refractivity contribution < 1.29 is 23.9 Å². The summed E-state index contributed by atoms with van der Waals surface area (Å²) in [5, 5.41) is 2.81. The molecular weight excluding hydrogens is 408 g/mol. The monoisotopic (exact) mass is 430 g/mol. The molecule has 1 heterocycles. The van der Waals surface area contributed by atoms with Crippen molar-refractivity contribution in [3.05, 3.63) is 83.4 Å². The van der Waals surface area contributed by atoms with Crippen LogP contribution in [0.5, 0.6) is 11.5 Å². The molecule has 0 spiro atoms. The molecule has 0 aliphatic carbocycles. The van der Waals surface area contributed by atoms with Crippen LogP contribution >= 0.6 is 0 Å². The van der Waals surface area contributed by atoms with Crippen molar-refractivity contribution in [1.29, 1.82) is 0 Å². The molecule has 0 bridgehead atoms. The van der Waals surface area contributed by atoms with Gasteiger partial charge in [-0.1, -0.05) is 25.1 Å². The van der Waals surface area contributed by atoms with Crippen LogP contribution in [0.15, 0.2) is 66.7 Å². The standard InChI is InChI=1S/C25H22N2O5/c1-3-13-32-18-8-6-7-16(14-18)23(28)26-17-11-12-21(22(15-17)31-2)27-24(29)19-9-4-5-10-20(19)25(27)30/h4-12,14-15H,3,13H2,1-2H3,(H,26,28). The molecule has 32 heavy (non-hydrogen) atoms. The highest BCUT2D eigenvalue weighted by atomic mass is 16.5. The highest BCUT2D eigenvalue weighted by molar-refractivity contribution is 6.34. The first kappa shape index (κ1) is 21.1. The number of methoxy groups -OCH3 is 1. The number of nitrogens with one attached hydrogen (secondary N) is 1. The van der Waals surface area contributed by atoms with Crippen molar-refractivity contribution >= 4 is 29.1 Å². The van der Waals surface area contributed by atoms with Crippen LogP contribution in [0.3, 0.4) is 0 Å². The summed E-state index contributed by atoms with van der Waals surface area (Å²) in [5.41, 5.74) is 1.92. The van der Waals surface area contributed by atoms with Gasteiger partial charge in [0.05, 0.1) is 30.5 Å². The van der Waals surface area contributed by atoms with E-state index in [9.17, 15) is 14.4 Å². The van der Waals surface area contributed by atoms with Gasteiger partial charge in [0.25, 0.3) is 17.7 Å². The highest BCUT2D eigenvalue weighted by Crippen LogP contribution is 2.36. The smallest absolute Gasteiger partial charge is 0.266 e. The summed E-state index contributed by atoms with van der Waals surface area (Å²) in [6.07, 6.45) is 0.871. The van der Waals surface area contributed by atoms with Gasteiger partial charge in [-0.2, -0.15) is 0 Å². The lowest BCUT2D eigenvalue weighted by Gasteiger charge is -2.18. The minimum Gasteiger partial charge on any atom is -0.494 e. The van der Waals surface area contributed by atoms with Gasteiger partial charge in [0.1, 0.15) is 11.5 Å². The third-order valence-electron chi connectivity index (χ3n) is 5.04. The SMILES string of the molecule is CCCOc1cccc(C(=O)Nc2ccc(N3C(=O)c4ccccc4C3=O)c(OC)c2)c1. The lowest BCUT2D eigenvalue weighted by atomic mass is 10.1. The molecular formula is C25H22N2O5. The average molecular weight is 430 g/mol. The van der Waals surface area contributed by atoms with Crippen molar-refractivity contribution in [2.45, 2.75) is 13.3 Å². The van der Waals surface area contributed by atoms with Gasteiger partial charge in [-0.25, -0.2) is 4.90 Å². The molecule has 0 aromatic heterocycles. The minimum atomic E-state index is -0.412. The first-order valence-corrected chi connectivity index (χ1v) is 10.2. The molecule has 0 saturated carbocycles. The lowest BCUT2D eigenvalue weighted by Crippen LogP contribution is -2.29. The number of hydrogen-bond donors (Lipinski definition) is 1. The van der Waals surface area contributed by atoms with E-state index in [0.717, 1.165) is 11.3 Å². The number of carbonyl (C=O) groups is 3. The van der Waals surface area contributed by atoms with Crippen LogP contribution in [0.2, 0.25) is 0 Å². The topological polar surface area (TPSA) is 84.9 Å². The Morgan fingerprint density at radius 3 is 2.31 bits per heavy atom. The number of nitrogens with zero attached hydrogens (tertiary/aromatic N) is 1. The molecule has 7 nitrogen and oxygen atoms in total. The van der Waals surface area contributed by atoms with Crippen LogP contribution in [0, 0.1) is 0 Å². The highest BCUT2D eigenvalue weighted by Gasteiger charge is 2.37. The van der Waals surface area contributed by atoms with Crippen molar-refractivity contribution in [3.63, 3.8) is 0 Å².